The number of amides is 1. The fourth-order valence-electron chi connectivity index (χ4n) is 2.01. The molecule has 0 aliphatic carbocycles. The van der Waals surface area contributed by atoms with Crippen LogP contribution in [0.2, 0.25) is 0 Å². The van der Waals surface area contributed by atoms with E-state index in [1.165, 1.54) is 0 Å². The predicted molar refractivity (Wildman–Crippen MR) is 54.9 cm³/mol. The monoisotopic (exact) mass is 197 g/mol. The maximum absolute atomic E-state index is 11.5. The van der Waals surface area contributed by atoms with Crippen LogP contribution in [0.5, 0.6) is 0 Å². The number of rotatable bonds is 5. The molecule has 0 saturated carbocycles. The first kappa shape index (κ1) is 11.2. The molecule has 1 aliphatic rings. The minimum atomic E-state index is 0.167. The Hall–Kier alpha value is -0.860. The van der Waals surface area contributed by atoms with E-state index in [-0.39, 0.29) is 11.7 Å². The second-order valence-electron chi connectivity index (χ2n) is 4.02. The lowest BCUT2D eigenvalue weighted by molar-refractivity contribution is -0.129. The molecule has 1 heterocycles. The summed E-state index contributed by atoms with van der Waals surface area (Å²) in [5.41, 5.74) is 0. The van der Waals surface area contributed by atoms with Gasteiger partial charge in [-0.1, -0.05) is 13.3 Å². The fraction of sp³-hybridized carbons (Fsp3) is 0.818. The second kappa shape index (κ2) is 5.13. The van der Waals surface area contributed by atoms with Crippen molar-refractivity contribution < 1.29 is 9.59 Å². The lowest BCUT2D eigenvalue weighted by atomic mass is 10.1. The molecular formula is C11H19NO2. The van der Waals surface area contributed by atoms with Crippen LogP contribution < -0.4 is 0 Å². The third-order valence-corrected chi connectivity index (χ3v) is 2.78. The first-order valence-electron chi connectivity index (χ1n) is 5.44. The number of carbonyl (C=O) groups is 2. The van der Waals surface area contributed by atoms with Crippen LogP contribution in [-0.2, 0) is 9.59 Å². The van der Waals surface area contributed by atoms with Crippen LogP contribution in [0, 0.1) is 0 Å². The van der Waals surface area contributed by atoms with Crippen LogP contribution in [-0.4, -0.2) is 29.2 Å². The summed E-state index contributed by atoms with van der Waals surface area (Å²) >= 11 is 0. The van der Waals surface area contributed by atoms with E-state index >= 15 is 0 Å². The summed E-state index contributed by atoms with van der Waals surface area (Å²) < 4.78 is 0. The van der Waals surface area contributed by atoms with E-state index in [9.17, 15) is 9.59 Å². The van der Waals surface area contributed by atoms with Crippen molar-refractivity contribution in [3.05, 3.63) is 0 Å². The van der Waals surface area contributed by atoms with E-state index < -0.39 is 0 Å². The molecule has 0 aromatic carbocycles. The standard InChI is InChI=1S/C11H19NO2/c1-3-4-10-5-6-11(14)12(10)8-7-9(2)13/h10H,3-8H2,1-2H3. The molecule has 1 rings (SSSR count). The molecule has 80 valence electrons. The highest BCUT2D eigenvalue weighted by atomic mass is 16.2. The van der Waals surface area contributed by atoms with Crippen molar-refractivity contribution in [2.45, 2.75) is 52.0 Å². The normalized spacial score (nSPS) is 21.7. The average molecular weight is 197 g/mol. The number of hydrogen-bond donors (Lipinski definition) is 0. The van der Waals surface area contributed by atoms with Gasteiger partial charge in [0.25, 0.3) is 0 Å². The first-order valence-corrected chi connectivity index (χ1v) is 5.44. The molecule has 0 aromatic rings. The molecule has 0 N–H and O–H groups in total. The summed E-state index contributed by atoms with van der Waals surface area (Å²) in [6.45, 7) is 4.33. The fourth-order valence-corrected chi connectivity index (χ4v) is 2.01. The molecule has 1 atom stereocenters. The number of nitrogens with zero attached hydrogens (tertiary/aromatic N) is 1. The molecule has 3 nitrogen and oxygen atoms in total. The summed E-state index contributed by atoms with van der Waals surface area (Å²) in [7, 11) is 0. The van der Waals surface area contributed by atoms with Crippen molar-refractivity contribution in [2.75, 3.05) is 6.54 Å². The van der Waals surface area contributed by atoms with Crippen molar-refractivity contribution in [2.24, 2.45) is 0 Å². The Morgan fingerprint density at radius 2 is 2.29 bits per heavy atom. The van der Waals surface area contributed by atoms with Crippen molar-refractivity contribution in [3.63, 3.8) is 0 Å². The van der Waals surface area contributed by atoms with E-state index in [0.29, 0.717) is 25.4 Å². The van der Waals surface area contributed by atoms with E-state index in [0.717, 1.165) is 19.3 Å². The summed E-state index contributed by atoms with van der Waals surface area (Å²) in [6, 6.07) is 0.395. The molecule has 1 aliphatic heterocycles. The molecule has 1 fully saturated rings. The van der Waals surface area contributed by atoms with Gasteiger partial charge in [-0.3, -0.25) is 9.59 Å². The van der Waals surface area contributed by atoms with Gasteiger partial charge in [-0.05, 0) is 19.8 Å². The second-order valence-corrected chi connectivity index (χ2v) is 4.02. The molecule has 0 radical (unpaired) electrons. The van der Waals surface area contributed by atoms with Gasteiger partial charge in [-0.15, -0.1) is 0 Å². The van der Waals surface area contributed by atoms with E-state index in [1.807, 2.05) is 4.90 Å². The number of Topliss-reactive ketones (excluding diaryl/α,β-unsaturated/α-hetero) is 1. The maximum Gasteiger partial charge on any atom is 0.222 e. The smallest absolute Gasteiger partial charge is 0.222 e. The molecule has 14 heavy (non-hydrogen) atoms. The van der Waals surface area contributed by atoms with Crippen LogP contribution >= 0.6 is 0 Å². The molecular weight excluding hydrogens is 178 g/mol. The van der Waals surface area contributed by atoms with Crippen LogP contribution in [0.4, 0.5) is 0 Å². The molecule has 0 aromatic heterocycles. The van der Waals surface area contributed by atoms with Crippen LogP contribution in [0.1, 0.15) is 46.0 Å². The zero-order valence-electron chi connectivity index (χ0n) is 9.08. The quantitative estimate of drug-likeness (QED) is 0.673. The molecule has 0 spiro atoms. The third-order valence-electron chi connectivity index (χ3n) is 2.78. The SMILES string of the molecule is CCCC1CCC(=O)N1CCC(C)=O. The predicted octanol–water partition coefficient (Wildman–Crippen LogP) is 1.76. The largest absolute Gasteiger partial charge is 0.339 e. The minimum absolute atomic E-state index is 0.167. The molecule has 1 saturated heterocycles. The Balaban J connectivity index is 2.44. The molecule has 3 heteroatoms. The summed E-state index contributed by atoms with van der Waals surface area (Å²) in [5.74, 6) is 0.393. The van der Waals surface area contributed by atoms with Crippen LogP contribution in [0.25, 0.3) is 0 Å². The number of ketones is 1. The Kier molecular flexibility index (Phi) is 4.11. The third kappa shape index (κ3) is 2.82. The molecule has 1 amide bonds. The minimum Gasteiger partial charge on any atom is -0.339 e. The highest BCUT2D eigenvalue weighted by Crippen LogP contribution is 2.22. The zero-order chi connectivity index (χ0) is 10.6. The van der Waals surface area contributed by atoms with Gasteiger partial charge in [0.15, 0.2) is 0 Å². The van der Waals surface area contributed by atoms with Crippen molar-refractivity contribution >= 4 is 11.7 Å². The van der Waals surface area contributed by atoms with Gasteiger partial charge in [0, 0.05) is 25.4 Å². The zero-order valence-corrected chi connectivity index (χ0v) is 9.08. The van der Waals surface area contributed by atoms with Crippen molar-refractivity contribution in [3.8, 4) is 0 Å². The highest BCUT2D eigenvalue weighted by molar-refractivity contribution is 5.80. The van der Waals surface area contributed by atoms with Gasteiger partial charge in [0.1, 0.15) is 5.78 Å². The summed E-state index contributed by atoms with van der Waals surface area (Å²) in [4.78, 5) is 24.2. The van der Waals surface area contributed by atoms with Gasteiger partial charge in [0.2, 0.25) is 5.91 Å². The Morgan fingerprint density at radius 1 is 1.57 bits per heavy atom. The van der Waals surface area contributed by atoms with Gasteiger partial charge < -0.3 is 4.90 Å². The first-order chi connectivity index (χ1) is 6.65. The van der Waals surface area contributed by atoms with Crippen LogP contribution in [0.15, 0.2) is 0 Å². The van der Waals surface area contributed by atoms with Gasteiger partial charge in [-0.25, -0.2) is 0 Å². The van der Waals surface area contributed by atoms with Gasteiger partial charge >= 0.3 is 0 Å². The van der Waals surface area contributed by atoms with Crippen LogP contribution in [0.3, 0.4) is 0 Å². The van der Waals surface area contributed by atoms with Gasteiger partial charge in [-0.2, -0.15) is 0 Å². The lowest BCUT2D eigenvalue weighted by Gasteiger charge is -2.23. The maximum atomic E-state index is 11.5. The number of carbonyl (C=O) groups excluding carboxylic acids is 2. The van der Waals surface area contributed by atoms with E-state index in [4.69, 9.17) is 0 Å². The molecule has 1 unspecified atom stereocenters. The Morgan fingerprint density at radius 3 is 2.86 bits per heavy atom. The summed E-state index contributed by atoms with van der Waals surface area (Å²) in [5, 5.41) is 0. The molecule has 0 bridgehead atoms. The van der Waals surface area contributed by atoms with Gasteiger partial charge in [0.05, 0.1) is 0 Å². The average Bonchev–Trinajstić information content (AvgIpc) is 2.45. The topological polar surface area (TPSA) is 37.4 Å². The number of hydrogen-bond acceptors (Lipinski definition) is 2. The Bertz CT molecular complexity index is 225. The van der Waals surface area contributed by atoms with Crippen molar-refractivity contribution in [1.29, 1.82) is 0 Å². The summed E-state index contributed by atoms with van der Waals surface area (Å²) in [6.07, 6.45) is 4.33. The lowest BCUT2D eigenvalue weighted by Crippen LogP contribution is -2.34. The van der Waals surface area contributed by atoms with Crippen molar-refractivity contribution in [1.82, 2.24) is 4.90 Å². The van der Waals surface area contributed by atoms with E-state index in [2.05, 4.69) is 6.92 Å². The number of likely N-dealkylation sites (tertiary alicyclic amines) is 1. The van der Waals surface area contributed by atoms with E-state index in [1.54, 1.807) is 6.92 Å². The Labute approximate surface area is 85.5 Å². The highest BCUT2D eigenvalue weighted by Gasteiger charge is 2.29.